The van der Waals surface area contributed by atoms with E-state index in [0.717, 1.165) is 11.0 Å². The molecule has 0 radical (unpaired) electrons. The number of hydrogen-bond acceptors (Lipinski definition) is 3. The van der Waals surface area contributed by atoms with Gasteiger partial charge in [0.05, 0.1) is 33.8 Å². The highest BCUT2D eigenvalue weighted by atomic mass is 35.5. The topological polar surface area (TPSA) is 51.4 Å². The number of hydrogen-bond donors (Lipinski definition) is 1. The molecule has 98 valence electrons. The molecule has 0 bridgehead atoms. The van der Waals surface area contributed by atoms with Crippen LogP contribution in [0.15, 0.2) is 24.5 Å². The Morgan fingerprint density at radius 2 is 2.00 bits per heavy atom. The molecule has 2 heterocycles. The van der Waals surface area contributed by atoms with Crippen molar-refractivity contribution in [2.45, 2.75) is 13.1 Å². The van der Waals surface area contributed by atoms with Crippen LogP contribution in [0.2, 0.25) is 10.0 Å². The van der Waals surface area contributed by atoms with Crippen LogP contribution < -0.4 is 0 Å². The van der Waals surface area contributed by atoms with Crippen LogP contribution in [0, 0.1) is 4.77 Å². The molecule has 3 rings (SSSR count). The Morgan fingerprint density at radius 3 is 2.74 bits per heavy atom. The number of fused-ring (bicyclic) bond motifs is 1. The van der Waals surface area contributed by atoms with Crippen LogP contribution in [0.3, 0.4) is 0 Å². The lowest BCUT2D eigenvalue weighted by molar-refractivity contribution is 0.523. The van der Waals surface area contributed by atoms with Gasteiger partial charge >= 0.3 is 0 Å². The molecule has 0 amide bonds. The summed E-state index contributed by atoms with van der Waals surface area (Å²) in [6.07, 6.45) is 3.45. The molecule has 0 saturated heterocycles. The summed E-state index contributed by atoms with van der Waals surface area (Å²) in [4.78, 5) is 3.11. The first-order valence-electron chi connectivity index (χ1n) is 5.57. The molecule has 0 saturated carbocycles. The third kappa shape index (κ3) is 2.39. The van der Waals surface area contributed by atoms with Gasteiger partial charge in [-0.05, 0) is 24.4 Å². The lowest BCUT2D eigenvalue weighted by Gasteiger charge is -2.05. The molecule has 1 N–H and O–H groups in total. The summed E-state index contributed by atoms with van der Waals surface area (Å²) in [5.41, 5.74) is 1.80. The Balaban J connectivity index is 2.00. The zero-order chi connectivity index (χ0) is 13.4. The molecule has 2 aromatic heterocycles. The molecule has 1 aromatic carbocycles. The monoisotopic (exact) mass is 313 g/mol. The second-order valence-corrected chi connectivity index (χ2v) is 5.23. The Labute approximate surface area is 123 Å². The van der Waals surface area contributed by atoms with E-state index in [9.17, 15) is 0 Å². The molecule has 0 unspecified atom stereocenters. The van der Waals surface area contributed by atoms with Gasteiger partial charge in [0.25, 0.3) is 0 Å². The highest BCUT2D eigenvalue weighted by molar-refractivity contribution is 7.71. The average molecular weight is 314 g/mol. The third-order valence-corrected chi connectivity index (χ3v) is 3.89. The molecule has 0 fully saturated rings. The Morgan fingerprint density at radius 1 is 1.21 bits per heavy atom. The van der Waals surface area contributed by atoms with Crippen molar-refractivity contribution < 1.29 is 0 Å². The molecular formula is C11H9Cl2N5S. The van der Waals surface area contributed by atoms with Crippen molar-refractivity contribution in [3.8, 4) is 0 Å². The van der Waals surface area contributed by atoms with Crippen molar-refractivity contribution in [1.82, 2.24) is 24.5 Å². The minimum atomic E-state index is 0.508. The molecule has 0 aliphatic heterocycles. The van der Waals surface area contributed by atoms with Crippen molar-refractivity contribution in [3.05, 3.63) is 39.3 Å². The van der Waals surface area contributed by atoms with Crippen LogP contribution in [0.1, 0.15) is 0 Å². The second kappa shape index (κ2) is 4.96. The van der Waals surface area contributed by atoms with Crippen LogP contribution in [-0.4, -0.2) is 24.5 Å². The highest BCUT2D eigenvalue weighted by Crippen LogP contribution is 2.27. The second-order valence-electron chi connectivity index (χ2n) is 4.03. The van der Waals surface area contributed by atoms with E-state index in [4.69, 9.17) is 35.4 Å². The van der Waals surface area contributed by atoms with Crippen molar-refractivity contribution >= 4 is 46.5 Å². The van der Waals surface area contributed by atoms with Gasteiger partial charge in [-0.25, -0.2) is 0 Å². The number of halogens is 2. The quantitative estimate of drug-likeness (QED) is 0.755. The van der Waals surface area contributed by atoms with Gasteiger partial charge < -0.3 is 9.55 Å². The SMILES string of the molecule is S=c1[nH]c2cc(Cl)c(Cl)cc2n1CCn1ccnn1. The Kier molecular flexibility index (Phi) is 3.30. The van der Waals surface area contributed by atoms with Gasteiger partial charge in [-0.1, -0.05) is 28.4 Å². The van der Waals surface area contributed by atoms with Gasteiger partial charge in [-0.2, -0.15) is 0 Å². The predicted octanol–water partition coefficient (Wildman–Crippen LogP) is 3.30. The van der Waals surface area contributed by atoms with E-state index in [1.54, 1.807) is 16.9 Å². The molecule has 0 aliphatic rings. The van der Waals surface area contributed by atoms with Gasteiger partial charge in [-0.3, -0.25) is 4.68 Å². The highest BCUT2D eigenvalue weighted by Gasteiger charge is 2.08. The maximum absolute atomic E-state index is 6.05. The van der Waals surface area contributed by atoms with Gasteiger partial charge in [0.2, 0.25) is 0 Å². The largest absolute Gasteiger partial charge is 0.331 e. The van der Waals surface area contributed by atoms with Crippen LogP contribution in [-0.2, 0) is 13.1 Å². The molecule has 5 nitrogen and oxygen atoms in total. The minimum absolute atomic E-state index is 0.508. The number of nitrogens with zero attached hydrogens (tertiary/aromatic N) is 4. The van der Waals surface area contributed by atoms with E-state index in [1.807, 2.05) is 16.8 Å². The molecule has 0 atom stereocenters. The fraction of sp³-hybridized carbons (Fsp3) is 0.182. The number of aromatic amines is 1. The number of rotatable bonds is 3. The zero-order valence-electron chi connectivity index (χ0n) is 9.68. The summed E-state index contributed by atoms with van der Waals surface area (Å²) in [6, 6.07) is 3.59. The van der Waals surface area contributed by atoms with Crippen LogP contribution >= 0.6 is 35.4 Å². The maximum Gasteiger partial charge on any atom is 0.178 e. The van der Waals surface area contributed by atoms with E-state index in [-0.39, 0.29) is 0 Å². The number of nitrogens with one attached hydrogen (secondary N) is 1. The lowest BCUT2D eigenvalue weighted by Crippen LogP contribution is -2.08. The summed E-state index contributed by atoms with van der Waals surface area (Å²) >= 11 is 17.3. The number of benzene rings is 1. The minimum Gasteiger partial charge on any atom is -0.331 e. The normalized spacial score (nSPS) is 11.3. The lowest BCUT2D eigenvalue weighted by atomic mass is 10.3. The van der Waals surface area contributed by atoms with Crippen molar-refractivity contribution in [1.29, 1.82) is 0 Å². The van der Waals surface area contributed by atoms with Gasteiger partial charge in [0, 0.05) is 12.7 Å². The third-order valence-electron chi connectivity index (χ3n) is 2.84. The Hall–Kier alpha value is -1.37. The molecule has 8 heteroatoms. The molecular weight excluding hydrogens is 305 g/mol. The predicted molar refractivity (Wildman–Crippen MR) is 77.2 cm³/mol. The van der Waals surface area contributed by atoms with Crippen molar-refractivity contribution in [2.75, 3.05) is 0 Å². The van der Waals surface area contributed by atoms with Crippen molar-refractivity contribution in [2.24, 2.45) is 0 Å². The average Bonchev–Trinajstić information content (AvgIpc) is 2.96. The molecule has 3 aromatic rings. The van der Waals surface area contributed by atoms with Crippen LogP contribution in [0.25, 0.3) is 11.0 Å². The first kappa shape index (κ1) is 12.7. The van der Waals surface area contributed by atoms with E-state index < -0.39 is 0 Å². The summed E-state index contributed by atoms with van der Waals surface area (Å²) < 4.78 is 4.35. The van der Waals surface area contributed by atoms with E-state index >= 15 is 0 Å². The number of aryl methyl sites for hydroxylation is 2. The zero-order valence-corrected chi connectivity index (χ0v) is 12.0. The number of H-pyrrole nitrogens is 1. The fourth-order valence-corrected chi connectivity index (χ4v) is 2.55. The summed E-state index contributed by atoms with van der Waals surface area (Å²) in [7, 11) is 0. The van der Waals surface area contributed by atoms with E-state index in [2.05, 4.69) is 15.3 Å². The van der Waals surface area contributed by atoms with Gasteiger partial charge in [0.1, 0.15) is 0 Å². The number of imidazole rings is 1. The van der Waals surface area contributed by atoms with Crippen LogP contribution in [0.4, 0.5) is 0 Å². The molecule has 19 heavy (non-hydrogen) atoms. The number of aromatic nitrogens is 5. The van der Waals surface area contributed by atoms with Gasteiger partial charge in [-0.15, -0.1) is 5.10 Å². The fourth-order valence-electron chi connectivity index (χ4n) is 1.93. The maximum atomic E-state index is 6.05. The summed E-state index contributed by atoms with van der Waals surface area (Å²) in [6.45, 7) is 1.36. The van der Waals surface area contributed by atoms with E-state index in [1.165, 1.54) is 0 Å². The Bertz CT molecular complexity index is 774. The summed E-state index contributed by atoms with van der Waals surface area (Å²) in [5, 5.41) is 8.70. The molecule has 0 spiro atoms. The first-order chi connectivity index (χ1) is 9.15. The smallest absolute Gasteiger partial charge is 0.178 e. The van der Waals surface area contributed by atoms with E-state index in [0.29, 0.717) is 27.9 Å². The standard InChI is InChI=1S/C11H9Cl2N5S/c12-7-5-9-10(6-8(7)13)18(11(19)15-9)4-3-17-2-1-14-16-17/h1-2,5-6H,3-4H2,(H,15,19). The van der Waals surface area contributed by atoms with Gasteiger partial charge in [0.15, 0.2) is 4.77 Å². The first-order valence-corrected chi connectivity index (χ1v) is 6.73. The molecule has 0 aliphatic carbocycles. The van der Waals surface area contributed by atoms with Crippen molar-refractivity contribution in [3.63, 3.8) is 0 Å². The van der Waals surface area contributed by atoms with Crippen LogP contribution in [0.5, 0.6) is 0 Å². The summed E-state index contributed by atoms with van der Waals surface area (Å²) in [5.74, 6) is 0.